The number of piperidine rings is 1. The van der Waals surface area contributed by atoms with E-state index >= 15 is 4.39 Å². The van der Waals surface area contributed by atoms with E-state index in [1.807, 2.05) is 0 Å². The highest BCUT2D eigenvalue weighted by Gasteiger charge is 2.24. The van der Waals surface area contributed by atoms with E-state index < -0.39 is 11.6 Å². The van der Waals surface area contributed by atoms with Crippen LogP contribution in [0.1, 0.15) is 12.8 Å². The third kappa shape index (κ3) is 3.58. The Bertz CT molecular complexity index is 1340. The molecule has 4 aromatic rings. The van der Waals surface area contributed by atoms with Crippen molar-refractivity contribution >= 4 is 55.0 Å². The van der Waals surface area contributed by atoms with E-state index in [-0.39, 0.29) is 43.5 Å². The summed E-state index contributed by atoms with van der Waals surface area (Å²) in [4.78, 5) is 12.8. The molecule has 1 saturated heterocycles. The number of thiazole rings is 1. The molecule has 1 aliphatic heterocycles. The molecule has 0 radical (unpaired) electrons. The fraction of sp³-hybridized carbons (Fsp3) is 0.286. The lowest BCUT2D eigenvalue weighted by Crippen LogP contribution is -2.35. The summed E-state index contributed by atoms with van der Waals surface area (Å²) >= 11 is 7.56. The highest BCUT2D eigenvalue weighted by molar-refractivity contribution is 7.22. The predicted octanol–water partition coefficient (Wildman–Crippen LogP) is 4.59. The Morgan fingerprint density at radius 2 is 1.97 bits per heavy atom. The summed E-state index contributed by atoms with van der Waals surface area (Å²) in [5.41, 5.74) is 6.49. The number of fused-ring (bicyclic) bond motifs is 2. The van der Waals surface area contributed by atoms with Crippen LogP contribution in [0.5, 0.6) is 6.01 Å². The summed E-state index contributed by atoms with van der Waals surface area (Å²) in [6, 6.07) is 4.52. The van der Waals surface area contributed by atoms with E-state index in [1.165, 1.54) is 19.2 Å². The van der Waals surface area contributed by atoms with Crippen LogP contribution in [0, 0.1) is 11.6 Å². The summed E-state index contributed by atoms with van der Waals surface area (Å²) in [5.74, 6) is -0.693. The molecule has 0 bridgehead atoms. The zero-order chi connectivity index (χ0) is 22.4. The molecule has 11 heteroatoms. The number of halogens is 3. The number of methoxy groups -OCH3 is 1. The maximum absolute atomic E-state index is 15.9. The Hall–Kier alpha value is -2.82. The second kappa shape index (κ2) is 8.27. The van der Waals surface area contributed by atoms with Crippen molar-refractivity contribution in [2.75, 3.05) is 31.2 Å². The van der Waals surface area contributed by atoms with Crippen LogP contribution in [0.25, 0.3) is 32.2 Å². The van der Waals surface area contributed by atoms with Gasteiger partial charge in [-0.3, -0.25) is 0 Å². The van der Waals surface area contributed by atoms with Crippen molar-refractivity contribution in [1.82, 2.24) is 20.3 Å². The Balaban J connectivity index is 1.72. The number of nitrogens with zero attached hydrogens (tertiary/aromatic N) is 3. The van der Waals surface area contributed by atoms with Crippen molar-refractivity contribution < 1.29 is 13.5 Å². The zero-order valence-electron chi connectivity index (χ0n) is 17.0. The fourth-order valence-electron chi connectivity index (χ4n) is 3.98. The maximum Gasteiger partial charge on any atom is 0.318 e. The molecule has 0 atom stereocenters. The first-order chi connectivity index (χ1) is 15.5. The van der Waals surface area contributed by atoms with Gasteiger partial charge in [-0.05, 0) is 44.1 Å². The van der Waals surface area contributed by atoms with E-state index in [2.05, 4.69) is 25.6 Å². The van der Waals surface area contributed by atoms with E-state index in [0.29, 0.717) is 16.8 Å². The maximum atomic E-state index is 15.9. The molecule has 1 aliphatic rings. The lowest BCUT2D eigenvalue weighted by atomic mass is 10.0. The second-order valence-electron chi connectivity index (χ2n) is 7.50. The molecule has 32 heavy (non-hydrogen) atoms. The number of ether oxygens (including phenoxy) is 1. The van der Waals surface area contributed by atoms with Gasteiger partial charge >= 0.3 is 6.01 Å². The minimum atomic E-state index is -0.666. The number of hydrogen-bond donors (Lipinski definition) is 3. The van der Waals surface area contributed by atoms with E-state index in [4.69, 9.17) is 22.1 Å². The molecule has 0 spiro atoms. The van der Waals surface area contributed by atoms with Crippen LogP contribution < -0.4 is 21.1 Å². The van der Waals surface area contributed by atoms with Gasteiger partial charge in [-0.2, -0.15) is 9.97 Å². The molecule has 7 nitrogen and oxygen atoms in total. The SMILES string of the molecule is COc1nc(NC2CCNCC2)c2cc(Cl)c(-c3ccc(F)c4sc(N)nc34)c(F)c2n1. The van der Waals surface area contributed by atoms with Gasteiger partial charge in [0, 0.05) is 22.6 Å². The normalized spacial score (nSPS) is 14.9. The van der Waals surface area contributed by atoms with E-state index in [9.17, 15) is 4.39 Å². The molecule has 166 valence electrons. The molecule has 5 rings (SSSR count). The molecule has 2 aromatic carbocycles. The monoisotopic (exact) mass is 476 g/mol. The lowest BCUT2D eigenvalue weighted by molar-refractivity contribution is 0.381. The average molecular weight is 477 g/mol. The predicted molar refractivity (Wildman–Crippen MR) is 124 cm³/mol. The van der Waals surface area contributed by atoms with Gasteiger partial charge in [0.1, 0.15) is 17.2 Å². The highest BCUT2D eigenvalue weighted by atomic mass is 35.5. The van der Waals surface area contributed by atoms with E-state index in [1.54, 1.807) is 6.07 Å². The van der Waals surface area contributed by atoms with Crippen LogP contribution >= 0.6 is 22.9 Å². The topological polar surface area (TPSA) is 98.0 Å². The number of nitrogens with two attached hydrogens (primary N) is 1. The zero-order valence-corrected chi connectivity index (χ0v) is 18.6. The van der Waals surface area contributed by atoms with Gasteiger partial charge < -0.3 is 21.1 Å². The minimum Gasteiger partial charge on any atom is -0.467 e. The molecule has 0 amide bonds. The van der Waals surface area contributed by atoms with Gasteiger partial charge in [-0.25, -0.2) is 13.8 Å². The standard InChI is InChI=1S/C21H19ClF2N6OS/c1-31-21-29-16-11(19(30-21)27-9-4-6-26-7-5-9)8-12(22)14(15(16)24)10-2-3-13(23)18-17(10)28-20(25)32-18/h2-3,8-9,26H,4-7H2,1H3,(H2,25,28)(H,27,29,30). The third-order valence-electron chi connectivity index (χ3n) is 5.51. The first-order valence-electron chi connectivity index (χ1n) is 10.0. The highest BCUT2D eigenvalue weighted by Crippen LogP contribution is 2.42. The quantitative estimate of drug-likeness (QED) is 0.396. The smallest absolute Gasteiger partial charge is 0.318 e. The summed E-state index contributed by atoms with van der Waals surface area (Å²) in [5, 5.41) is 7.44. The molecule has 4 N–H and O–H groups in total. The Kier molecular flexibility index (Phi) is 5.44. The number of hydrogen-bond acceptors (Lipinski definition) is 8. The Morgan fingerprint density at radius 1 is 1.19 bits per heavy atom. The molecule has 1 fully saturated rings. The molecule has 0 aliphatic carbocycles. The first kappa shape index (κ1) is 21.0. The number of rotatable bonds is 4. The molecule has 0 unspecified atom stereocenters. The van der Waals surface area contributed by atoms with Crippen molar-refractivity contribution in [3.05, 3.63) is 34.9 Å². The van der Waals surface area contributed by atoms with Crippen molar-refractivity contribution in [1.29, 1.82) is 0 Å². The van der Waals surface area contributed by atoms with Crippen LogP contribution in [0.15, 0.2) is 18.2 Å². The molecular formula is C21H19ClF2N6OS. The van der Waals surface area contributed by atoms with Crippen LogP contribution in [-0.2, 0) is 0 Å². The third-order valence-corrected chi connectivity index (χ3v) is 6.70. The number of nitrogen functional groups attached to an aromatic ring is 1. The van der Waals surface area contributed by atoms with Crippen LogP contribution in [0.4, 0.5) is 19.7 Å². The Labute approximate surface area is 191 Å². The largest absolute Gasteiger partial charge is 0.467 e. The summed E-state index contributed by atoms with van der Waals surface area (Å²) in [6.45, 7) is 1.77. The van der Waals surface area contributed by atoms with Crippen molar-refractivity contribution in [3.63, 3.8) is 0 Å². The van der Waals surface area contributed by atoms with Gasteiger partial charge in [-0.15, -0.1) is 0 Å². The lowest BCUT2D eigenvalue weighted by Gasteiger charge is -2.25. The summed E-state index contributed by atoms with van der Waals surface area (Å²) < 4.78 is 35.6. The van der Waals surface area contributed by atoms with Gasteiger partial charge in [0.2, 0.25) is 0 Å². The van der Waals surface area contributed by atoms with Crippen LogP contribution in [0.2, 0.25) is 5.02 Å². The van der Waals surface area contributed by atoms with Gasteiger partial charge in [-0.1, -0.05) is 22.9 Å². The molecule has 3 heterocycles. The first-order valence-corrected chi connectivity index (χ1v) is 11.2. The molecule has 2 aromatic heterocycles. The van der Waals surface area contributed by atoms with Crippen molar-refractivity contribution in [2.24, 2.45) is 0 Å². The van der Waals surface area contributed by atoms with E-state index in [0.717, 1.165) is 37.3 Å². The van der Waals surface area contributed by atoms with Gasteiger partial charge in [0.05, 0.1) is 22.3 Å². The van der Waals surface area contributed by atoms with Crippen molar-refractivity contribution in [2.45, 2.75) is 18.9 Å². The Morgan fingerprint density at radius 3 is 2.72 bits per heavy atom. The minimum absolute atomic E-state index is 0.0308. The van der Waals surface area contributed by atoms with Crippen LogP contribution in [-0.4, -0.2) is 41.2 Å². The number of aromatic nitrogens is 3. The number of benzene rings is 2. The molecule has 0 saturated carbocycles. The van der Waals surface area contributed by atoms with Crippen molar-refractivity contribution in [3.8, 4) is 17.1 Å². The fourth-order valence-corrected chi connectivity index (χ4v) is 5.03. The molecular weight excluding hydrogens is 458 g/mol. The summed E-state index contributed by atoms with van der Waals surface area (Å²) in [6.07, 6.45) is 1.81. The average Bonchev–Trinajstić information content (AvgIpc) is 3.19. The van der Waals surface area contributed by atoms with Crippen LogP contribution in [0.3, 0.4) is 0 Å². The van der Waals surface area contributed by atoms with Gasteiger partial charge in [0.25, 0.3) is 0 Å². The second-order valence-corrected chi connectivity index (χ2v) is 8.93. The number of anilines is 2. The summed E-state index contributed by atoms with van der Waals surface area (Å²) in [7, 11) is 1.42. The number of nitrogens with one attached hydrogen (secondary N) is 2. The van der Waals surface area contributed by atoms with Gasteiger partial charge in [0.15, 0.2) is 10.9 Å².